The van der Waals surface area contributed by atoms with Crippen LogP contribution in [0.15, 0.2) is 54.6 Å². The molecule has 3 aromatic rings. The van der Waals surface area contributed by atoms with Crippen molar-refractivity contribution in [2.75, 3.05) is 11.4 Å². The standard InChI is InChI=1S/C23H26N2/c1-3-18-11-13-19(14-12-18)22-16-23(25-15-7-6-8-17(25)2)20-9-4-5-10-21(20)24-22/h4-5,9-14,16-17H,3,6-8,15H2,1-2H3/t17-/m1/s1. The molecular formula is C23H26N2. The summed E-state index contributed by atoms with van der Waals surface area (Å²) < 4.78 is 0. The molecule has 2 heteroatoms. The molecule has 1 aliphatic heterocycles. The maximum Gasteiger partial charge on any atom is 0.0730 e. The molecule has 0 spiro atoms. The molecule has 1 aromatic heterocycles. The Morgan fingerprint density at radius 3 is 2.60 bits per heavy atom. The third-order valence-electron chi connectivity index (χ3n) is 5.46. The lowest BCUT2D eigenvalue weighted by atomic mass is 10.00. The van der Waals surface area contributed by atoms with Gasteiger partial charge in [-0.2, -0.15) is 0 Å². The van der Waals surface area contributed by atoms with E-state index in [1.807, 2.05) is 0 Å². The number of aromatic nitrogens is 1. The zero-order valence-corrected chi connectivity index (χ0v) is 15.2. The Kier molecular flexibility index (Phi) is 4.44. The van der Waals surface area contributed by atoms with Gasteiger partial charge in [-0.25, -0.2) is 4.98 Å². The molecule has 2 nitrogen and oxygen atoms in total. The molecule has 0 aliphatic carbocycles. The van der Waals surface area contributed by atoms with Crippen LogP contribution in [0.25, 0.3) is 22.2 Å². The highest BCUT2D eigenvalue weighted by atomic mass is 15.2. The number of piperidine rings is 1. The van der Waals surface area contributed by atoms with E-state index >= 15 is 0 Å². The fraction of sp³-hybridized carbons (Fsp3) is 0.348. The summed E-state index contributed by atoms with van der Waals surface area (Å²) in [5, 5.41) is 1.27. The van der Waals surface area contributed by atoms with Gasteiger partial charge in [-0.3, -0.25) is 0 Å². The van der Waals surface area contributed by atoms with Crippen molar-refractivity contribution < 1.29 is 0 Å². The molecule has 4 rings (SSSR count). The van der Waals surface area contributed by atoms with Crippen molar-refractivity contribution in [3.63, 3.8) is 0 Å². The van der Waals surface area contributed by atoms with Gasteiger partial charge in [0.1, 0.15) is 0 Å². The van der Waals surface area contributed by atoms with Crippen LogP contribution in [-0.4, -0.2) is 17.6 Å². The Bertz CT molecular complexity index is 867. The van der Waals surface area contributed by atoms with Crippen LogP contribution in [0, 0.1) is 0 Å². The van der Waals surface area contributed by atoms with Gasteiger partial charge in [0.05, 0.1) is 11.2 Å². The van der Waals surface area contributed by atoms with Crippen molar-refractivity contribution in [3.05, 3.63) is 60.2 Å². The summed E-state index contributed by atoms with van der Waals surface area (Å²) in [4.78, 5) is 7.54. The molecule has 1 saturated heterocycles. The predicted octanol–water partition coefficient (Wildman–Crippen LogP) is 5.84. The third kappa shape index (κ3) is 3.13. The first-order valence-electron chi connectivity index (χ1n) is 9.52. The normalized spacial score (nSPS) is 17.8. The number of hydrogen-bond donors (Lipinski definition) is 0. The summed E-state index contributed by atoms with van der Waals surface area (Å²) in [5.74, 6) is 0. The Labute approximate surface area is 150 Å². The van der Waals surface area contributed by atoms with Crippen LogP contribution in [-0.2, 0) is 6.42 Å². The fourth-order valence-electron chi connectivity index (χ4n) is 3.91. The Hall–Kier alpha value is -2.35. The van der Waals surface area contributed by atoms with E-state index in [0.29, 0.717) is 6.04 Å². The minimum absolute atomic E-state index is 0.592. The van der Waals surface area contributed by atoms with Gasteiger partial charge in [-0.1, -0.05) is 49.4 Å². The molecule has 25 heavy (non-hydrogen) atoms. The summed E-state index contributed by atoms with van der Waals surface area (Å²) in [6, 6.07) is 20.3. The van der Waals surface area contributed by atoms with Crippen LogP contribution in [0.2, 0.25) is 0 Å². The maximum absolute atomic E-state index is 4.95. The summed E-state index contributed by atoms with van der Waals surface area (Å²) >= 11 is 0. The highest BCUT2D eigenvalue weighted by Gasteiger charge is 2.21. The number of para-hydroxylation sites is 1. The van der Waals surface area contributed by atoms with Crippen molar-refractivity contribution in [2.24, 2.45) is 0 Å². The Balaban J connectivity index is 1.85. The van der Waals surface area contributed by atoms with E-state index in [1.165, 1.54) is 41.5 Å². The van der Waals surface area contributed by atoms with Gasteiger partial charge < -0.3 is 4.90 Å². The SMILES string of the molecule is CCc1ccc(-c2cc(N3CCCC[C@H]3C)c3ccccc3n2)cc1. The molecule has 0 saturated carbocycles. The number of hydrogen-bond acceptors (Lipinski definition) is 2. The molecule has 0 bridgehead atoms. The van der Waals surface area contributed by atoms with E-state index < -0.39 is 0 Å². The third-order valence-corrected chi connectivity index (χ3v) is 5.46. The number of fused-ring (bicyclic) bond motifs is 1. The molecule has 0 radical (unpaired) electrons. The zero-order valence-electron chi connectivity index (χ0n) is 15.2. The molecular weight excluding hydrogens is 304 g/mol. The minimum Gasteiger partial charge on any atom is -0.368 e. The van der Waals surface area contributed by atoms with Crippen LogP contribution in [0.5, 0.6) is 0 Å². The van der Waals surface area contributed by atoms with Crippen LogP contribution in [0.3, 0.4) is 0 Å². The first-order chi connectivity index (χ1) is 12.3. The largest absolute Gasteiger partial charge is 0.368 e. The number of aryl methyl sites for hydroxylation is 1. The van der Waals surface area contributed by atoms with Crippen molar-refractivity contribution in [1.29, 1.82) is 0 Å². The van der Waals surface area contributed by atoms with Crippen LogP contribution < -0.4 is 4.90 Å². The number of pyridine rings is 1. The van der Waals surface area contributed by atoms with Gasteiger partial charge in [0.15, 0.2) is 0 Å². The Morgan fingerprint density at radius 1 is 1.04 bits per heavy atom. The highest BCUT2D eigenvalue weighted by Crippen LogP contribution is 2.34. The average Bonchev–Trinajstić information content (AvgIpc) is 2.68. The van der Waals surface area contributed by atoms with Crippen LogP contribution in [0.4, 0.5) is 5.69 Å². The molecule has 1 fully saturated rings. The van der Waals surface area contributed by atoms with Gasteiger partial charge in [0.25, 0.3) is 0 Å². The topological polar surface area (TPSA) is 16.1 Å². The lowest BCUT2D eigenvalue weighted by molar-refractivity contribution is 0.486. The van der Waals surface area contributed by atoms with Crippen molar-refractivity contribution in [2.45, 2.75) is 45.6 Å². The maximum atomic E-state index is 4.95. The second-order valence-corrected chi connectivity index (χ2v) is 7.13. The molecule has 2 aromatic carbocycles. The highest BCUT2D eigenvalue weighted by molar-refractivity contribution is 5.94. The number of benzene rings is 2. The molecule has 1 atom stereocenters. The van der Waals surface area contributed by atoms with E-state index in [9.17, 15) is 0 Å². The van der Waals surface area contributed by atoms with Crippen LogP contribution in [0.1, 0.15) is 38.7 Å². The van der Waals surface area contributed by atoms with Crippen molar-refractivity contribution in [3.8, 4) is 11.3 Å². The van der Waals surface area contributed by atoms with Gasteiger partial charge in [0, 0.05) is 29.2 Å². The van der Waals surface area contributed by atoms with E-state index in [0.717, 1.165) is 24.2 Å². The lowest BCUT2D eigenvalue weighted by Crippen LogP contribution is -2.37. The van der Waals surface area contributed by atoms with Crippen molar-refractivity contribution in [1.82, 2.24) is 4.98 Å². The quantitative estimate of drug-likeness (QED) is 0.599. The minimum atomic E-state index is 0.592. The predicted molar refractivity (Wildman–Crippen MR) is 107 cm³/mol. The van der Waals surface area contributed by atoms with E-state index in [-0.39, 0.29) is 0 Å². The van der Waals surface area contributed by atoms with Crippen LogP contribution >= 0.6 is 0 Å². The molecule has 0 amide bonds. The summed E-state index contributed by atoms with van der Waals surface area (Å²) in [5.41, 5.74) is 6.08. The molecule has 128 valence electrons. The van der Waals surface area contributed by atoms with Crippen molar-refractivity contribution >= 4 is 16.6 Å². The molecule has 0 N–H and O–H groups in total. The lowest BCUT2D eigenvalue weighted by Gasteiger charge is -2.36. The summed E-state index contributed by atoms with van der Waals surface area (Å²) in [6.07, 6.45) is 4.96. The Morgan fingerprint density at radius 2 is 1.84 bits per heavy atom. The van der Waals surface area contributed by atoms with Gasteiger partial charge in [-0.05, 0) is 50.3 Å². The smallest absolute Gasteiger partial charge is 0.0730 e. The van der Waals surface area contributed by atoms with Gasteiger partial charge >= 0.3 is 0 Å². The first kappa shape index (κ1) is 16.1. The first-order valence-corrected chi connectivity index (χ1v) is 9.52. The average molecular weight is 330 g/mol. The van der Waals surface area contributed by atoms with E-state index in [2.05, 4.69) is 73.3 Å². The number of rotatable bonds is 3. The van der Waals surface area contributed by atoms with E-state index in [4.69, 9.17) is 4.98 Å². The monoisotopic (exact) mass is 330 g/mol. The second-order valence-electron chi connectivity index (χ2n) is 7.13. The number of anilines is 1. The van der Waals surface area contributed by atoms with E-state index in [1.54, 1.807) is 0 Å². The molecule has 0 unspecified atom stereocenters. The molecule has 1 aliphatic rings. The summed E-state index contributed by atoms with van der Waals surface area (Å²) in [7, 11) is 0. The fourth-order valence-corrected chi connectivity index (χ4v) is 3.91. The zero-order chi connectivity index (χ0) is 17.2. The van der Waals surface area contributed by atoms with Gasteiger partial charge in [0.2, 0.25) is 0 Å². The molecule has 2 heterocycles. The second kappa shape index (κ2) is 6.87. The number of nitrogens with zero attached hydrogens (tertiary/aromatic N) is 2. The summed E-state index contributed by atoms with van der Waals surface area (Å²) in [6.45, 7) is 5.69. The van der Waals surface area contributed by atoms with Gasteiger partial charge in [-0.15, -0.1) is 0 Å².